The van der Waals surface area contributed by atoms with Crippen LogP contribution in [0.5, 0.6) is 0 Å². The largest absolute Gasteiger partial charge is 0.268 e. The molecule has 1 aliphatic carbocycles. The van der Waals surface area contributed by atoms with Crippen molar-refractivity contribution < 1.29 is 0 Å². The first kappa shape index (κ1) is 22.2. The number of para-hydroxylation sites is 1. The van der Waals surface area contributed by atoms with Crippen molar-refractivity contribution in [3.8, 4) is 5.69 Å². The van der Waals surface area contributed by atoms with E-state index in [0.717, 1.165) is 45.9 Å². The third-order valence-electron chi connectivity index (χ3n) is 6.30. The number of thioether (sulfide) groups is 1. The third-order valence-corrected chi connectivity index (χ3v) is 9.27. The first-order valence-corrected chi connectivity index (χ1v) is 13.6. The Morgan fingerprint density at radius 1 is 1.12 bits per heavy atom. The molecule has 5 aromatic rings. The summed E-state index contributed by atoms with van der Waals surface area (Å²) in [5.74, 6) is 1.81. The summed E-state index contributed by atoms with van der Waals surface area (Å²) in [4.78, 5) is 16.1. The number of hydrogen-bond acceptors (Lipinski definition) is 5. The summed E-state index contributed by atoms with van der Waals surface area (Å²) < 4.78 is 3.75. The first-order valence-electron chi connectivity index (χ1n) is 11.1. The van der Waals surface area contributed by atoms with Gasteiger partial charge in [0.1, 0.15) is 4.83 Å². The molecule has 0 bridgehead atoms. The van der Waals surface area contributed by atoms with Crippen LogP contribution in [-0.2, 0) is 18.6 Å². The molecule has 0 spiro atoms. The lowest BCUT2D eigenvalue weighted by Crippen LogP contribution is -2.22. The molecule has 9 heteroatoms. The van der Waals surface area contributed by atoms with Gasteiger partial charge in [-0.05, 0) is 60.6 Å². The van der Waals surface area contributed by atoms with Gasteiger partial charge in [0.2, 0.25) is 5.78 Å². The molecule has 1 unspecified atom stereocenters. The predicted octanol–water partition coefficient (Wildman–Crippen LogP) is 6.82. The van der Waals surface area contributed by atoms with Crippen LogP contribution >= 0.6 is 46.3 Å². The Bertz CT molecular complexity index is 1610. The molecule has 2 aromatic carbocycles. The molecule has 1 atom stereocenters. The van der Waals surface area contributed by atoms with Gasteiger partial charge in [0.25, 0.3) is 5.56 Å². The number of hydrogen-bond donors (Lipinski definition) is 0. The number of nitrogens with zero attached hydrogens (tertiary/aromatic N) is 4. The number of fused-ring (bicyclic) bond motifs is 5. The van der Waals surface area contributed by atoms with E-state index in [-0.39, 0.29) is 5.56 Å². The van der Waals surface area contributed by atoms with E-state index in [1.807, 2.05) is 48.5 Å². The van der Waals surface area contributed by atoms with Crippen LogP contribution in [0.15, 0.2) is 58.5 Å². The molecule has 0 radical (unpaired) electrons. The molecular weight excluding hydrogens is 507 g/mol. The van der Waals surface area contributed by atoms with Crippen LogP contribution in [-0.4, -0.2) is 19.2 Å². The second kappa shape index (κ2) is 8.72. The lowest BCUT2D eigenvalue weighted by Gasteiger charge is -2.17. The highest BCUT2D eigenvalue weighted by molar-refractivity contribution is 7.98. The van der Waals surface area contributed by atoms with Gasteiger partial charge in [0.15, 0.2) is 5.16 Å². The quantitative estimate of drug-likeness (QED) is 0.241. The first-order chi connectivity index (χ1) is 16.5. The number of benzene rings is 2. The van der Waals surface area contributed by atoms with E-state index in [4.69, 9.17) is 23.2 Å². The van der Waals surface area contributed by atoms with Gasteiger partial charge in [-0.1, -0.05) is 66.2 Å². The predicted molar refractivity (Wildman–Crippen MR) is 141 cm³/mol. The SMILES string of the molecule is CC1CCc2c(sc3c2c(=O)n(-c2ccccc2)c2nnc(SCc4ccc(Cl)c(Cl)c4)n32)C1. The van der Waals surface area contributed by atoms with Crippen molar-refractivity contribution in [1.29, 1.82) is 0 Å². The summed E-state index contributed by atoms with van der Waals surface area (Å²) >= 11 is 15.6. The lowest BCUT2D eigenvalue weighted by molar-refractivity contribution is 0.509. The maximum atomic E-state index is 13.9. The monoisotopic (exact) mass is 526 g/mol. The minimum atomic E-state index is -0.0193. The standard InChI is InChI=1S/C25H20Cl2N4OS2/c1-14-7-9-17-20(11-14)34-23-21(17)22(32)30(16-5-3-2-4-6-16)24-28-29-25(31(23)24)33-13-15-8-10-18(26)19(27)12-15/h2-6,8,10,12,14H,7,9,11,13H2,1H3. The van der Waals surface area contributed by atoms with Crippen molar-refractivity contribution in [2.45, 2.75) is 37.1 Å². The highest BCUT2D eigenvalue weighted by atomic mass is 35.5. The zero-order chi connectivity index (χ0) is 23.4. The van der Waals surface area contributed by atoms with E-state index in [0.29, 0.717) is 27.5 Å². The Kier molecular flexibility index (Phi) is 5.68. The summed E-state index contributed by atoms with van der Waals surface area (Å²) in [5, 5.41) is 11.6. The number of halogens is 2. The molecule has 1 aliphatic rings. The molecule has 0 aliphatic heterocycles. The van der Waals surface area contributed by atoms with Crippen LogP contribution in [0.4, 0.5) is 0 Å². The molecule has 0 N–H and O–H groups in total. The minimum Gasteiger partial charge on any atom is -0.268 e. The second-order valence-electron chi connectivity index (χ2n) is 8.66. The van der Waals surface area contributed by atoms with E-state index < -0.39 is 0 Å². The highest BCUT2D eigenvalue weighted by Gasteiger charge is 2.27. The molecular formula is C25H20Cl2N4OS2. The summed E-state index contributed by atoms with van der Waals surface area (Å²) in [6.07, 6.45) is 3.04. The third kappa shape index (κ3) is 3.66. The van der Waals surface area contributed by atoms with Crippen LogP contribution in [0.3, 0.4) is 0 Å². The molecule has 3 aromatic heterocycles. The average Bonchev–Trinajstić information content (AvgIpc) is 3.42. The molecule has 0 saturated carbocycles. The Morgan fingerprint density at radius 2 is 1.94 bits per heavy atom. The maximum absolute atomic E-state index is 13.9. The zero-order valence-electron chi connectivity index (χ0n) is 18.3. The number of thiophene rings is 1. The molecule has 0 saturated heterocycles. The Balaban J connectivity index is 1.57. The lowest BCUT2D eigenvalue weighted by atomic mass is 9.89. The summed E-state index contributed by atoms with van der Waals surface area (Å²) in [6.45, 7) is 2.28. The Morgan fingerprint density at radius 3 is 2.74 bits per heavy atom. The average molecular weight is 528 g/mol. The van der Waals surface area contributed by atoms with E-state index in [9.17, 15) is 4.79 Å². The van der Waals surface area contributed by atoms with Crippen molar-refractivity contribution >= 4 is 62.3 Å². The summed E-state index contributed by atoms with van der Waals surface area (Å²) in [5.41, 5.74) is 3.01. The zero-order valence-corrected chi connectivity index (χ0v) is 21.4. The number of aryl methyl sites for hydroxylation is 1. The van der Waals surface area contributed by atoms with Crippen molar-refractivity contribution in [3.63, 3.8) is 0 Å². The van der Waals surface area contributed by atoms with Gasteiger partial charge in [-0.3, -0.25) is 4.79 Å². The van der Waals surface area contributed by atoms with E-state index >= 15 is 0 Å². The molecule has 0 amide bonds. The Hall–Kier alpha value is -2.32. The van der Waals surface area contributed by atoms with Crippen LogP contribution in [0, 0.1) is 5.92 Å². The van der Waals surface area contributed by atoms with Crippen molar-refractivity contribution in [1.82, 2.24) is 19.2 Å². The molecule has 0 fully saturated rings. The molecule has 5 nitrogen and oxygen atoms in total. The van der Waals surface area contributed by atoms with Crippen LogP contribution in [0.1, 0.15) is 29.3 Å². The smallest absolute Gasteiger partial charge is 0.268 e. The van der Waals surface area contributed by atoms with Crippen LogP contribution < -0.4 is 5.56 Å². The van der Waals surface area contributed by atoms with E-state index in [1.165, 1.54) is 10.4 Å². The van der Waals surface area contributed by atoms with Crippen molar-refractivity contribution in [3.05, 3.63) is 84.9 Å². The van der Waals surface area contributed by atoms with Crippen LogP contribution in [0.2, 0.25) is 10.0 Å². The molecule has 3 heterocycles. The van der Waals surface area contributed by atoms with Gasteiger partial charge < -0.3 is 0 Å². The van der Waals surface area contributed by atoms with Gasteiger partial charge in [0, 0.05) is 10.6 Å². The molecule has 6 rings (SSSR count). The molecule has 34 heavy (non-hydrogen) atoms. The van der Waals surface area contributed by atoms with Gasteiger partial charge >= 0.3 is 0 Å². The van der Waals surface area contributed by atoms with Gasteiger partial charge in [0.05, 0.1) is 21.1 Å². The Labute approximate surface area is 214 Å². The number of aromatic nitrogens is 4. The second-order valence-corrected chi connectivity index (χ2v) is 11.5. The van der Waals surface area contributed by atoms with E-state index in [2.05, 4.69) is 21.5 Å². The van der Waals surface area contributed by atoms with Crippen molar-refractivity contribution in [2.24, 2.45) is 5.92 Å². The van der Waals surface area contributed by atoms with Gasteiger partial charge in [-0.2, -0.15) is 0 Å². The maximum Gasteiger partial charge on any atom is 0.268 e. The summed E-state index contributed by atoms with van der Waals surface area (Å²) in [7, 11) is 0. The van der Waals surface area contributed by atoms with Crippen molar-refractivity contribution in [2.75, 3.05) is 0 Å². The summed E-state index contributed by atoms with van der Waals surface area (Å²) in [6, 6.07) is 15.3. The topological polar surface area (TPSA) is 52.2 Å². The van der Waals surface area contributed by atoms with Crippen LogP contribution in [0.25, 0.3) is 21.7 Å². The fourth-order valence-electron chi connectivity index (χ4n) is 4.58. The fourth-order valence-corrected chi connectivity index (χ4v) is 7.34. The molecule has 172 valence electrons. The highest BCUT2D eigenvalue weighted by Crippen LogP contribution is 2.38. The fraction of sp³-hybridized carbons (Fsp3) is 0.240. The van der Waals surface area contributed by atoms with E-state index in [1.54, 1.807) is 27.7 Å². The normalized spacial score (nSPS) is 15.8. The minimum absolute atomic E-state index is 0.0193. The van der Waals surface area contributed by atoms with Gasteiger partial charge in [-0.15, -0.1) is 21.5 Å². The number of rotatable bonds is 4. The van der Waals surface area contributed by atoms with Gasteiger partial charge in [-0.25, -0.2) is 8.97 Å².